The first-order valence-corrected chi connectivity index (χ1v) is 31.7. The summed E-state index contributed by atoms with van der Waals surface area (Å²) in [4.78, 5) is 0. The summed E-state index contributed by atoms with van der Waals surface area (Å²) < 4.78 is 42.3. The van der Waals surface area contributed by atoms with E-state index in [4.69, 9.17) is 33.2 Å². The van der Waals surface area contributed by atoms with Gasteiger partial charge in [0.25, 0.3) is 0 Å². The van der Waals surface area contributed by atoms with Crippen LogP contribution in [0.4, 0.5) is 0 Å². The molecule has 0 aliphatic carbocycles. The second kappa shape index (κ2) is 61.7. The average molecular weight is 1010 g/mol. The van der Waals surface area contributed by atoms with Gasteiger partial charge in [0, 0.05) is 40.6 Å². The molecule has 0 radical (unpaired) electrons. The van der Waals surface area contributed by atoms with E-state index in [1.807, 2.05) is 12.2 Å². The van der Waals surface area contributed by atoms with E-state index in [2.05, 4.69) is 39.8 Å². The zero-order chi connectivity index (χ0) is 51.4. The lowest BCUT2D eigenvalue weighted by atomic mass is 10.1. The van der Waals surface area contributed by atoms with E-state index >= 15 is 0 Å². The molecule has 0 aliphatic heterocycles. The molecule has 7 nitrogen and oxygen atoms in total. The molecular weight excluding hydrogens is 881 g/mol. The van der Waals surface area contributed by atoms with Gasteiger partial charge in [-0.2, -0.15) is 0 Å². The molecule has 0 amide bonds. The number of ether oxygens (including phenoxy) is 7. The van der Waals surface area contributed by atoms with Crippen LogP contribution in [0.15, 0.2) is 24.3 Å². The van der Waals surface area contributed by atoms with Crippen molar-refractivity contribution < 1.29 is 33.2 Å². The lowest BCUT2D eigenvalue weighted by Gasteiger charge is -2.19. The summed E-state index contributed by atoms with van der Waals surface area (Å²) >= 11 is 0. The van der Waals surface area contributed by atoms with Gasteiger partial charge in [0.1, 0.15) is 0 Å². The molecule has 0 aromatic rings. The van der Waals surface area contributed by atoms with E-state index in [1.54, 1.807) is 14.2 Å². The number of unbranched alkanes of at least 4 members (excludes halogenated alkanes) is 38. The fourth-order valence-corrected chi connectivity index (χ4v) is 9.35. The summed E-state index contributed by atoms with van der Waals surface area (Å²) in [6, 6.07) is 0. The molecule has 0 spiro atoms. The van der Waals surface area contributed by atoms with E-state index in [-0.39, 0.29) is 12.6 Å². The van der Waals surface area contributed by atoms with Crippen LogP contribution < -0.4 is 0 Å². The van der Waals surface area contributed by atoms with E-state index in [0.29, 0.717) is 0 Å². The normalized spacial score (nSPS) is 13.1. The first-order valence-electron chi connectivity index (χ1n) is 31.7. The van der Waals surface area contributed by atoms with Crippen molar-refractivity contribution in [1.29, 1.82) is 0 Å². The summed E-state index contributed by atoms with van der Waals surface area (Å²) in [5, 5.41) is 0. The van der Waals surface area contributed by atoms with Crippen LogP contribution in [0, 0.1) is 0 Å². The average Bonchev–Trinajstić information content (AvgIpc) is 3.38. The van der Waals surface area contributed by atoms with Crippen molar-refractivity contribution in [1.82, 2.24) is 0 Å². The molecule has 0 aromatic carbocycles. The highest BCUT2D eigenvalue weighted by Gasteiger charge is 2.12. The van der Waals surface area contributed by atoms with Crippen molar-refractivity contribution in [3.05, 3.63) is 24.3 Å². The Bertz CT molecular complexity index is 907. The first-order chi connectivity index (χ1) is 35.1. The molecular formula is C64H126O7. The number of hydrogen-bond donors (Lipinski definition) is 0. The minimum absolute atomic E-state index is 0.00307. The largest absolute Gasteiger partial charge is 0.353 e. The Hall–Kier alpha value is -0.800. The standard InChI is InChI=1S/C64H126O7/c1-7-11-15-19-41-49-57-67-63(68-58-50-42-20-16-12-8-2)55-47-39-35-31-27-23-25-29-33-37-45-53-61(65-5)71-62(66-6)54-46-38-34-30-26-24-28-32-36-40-48-56-64(69-59-51-43-21-17-13-9-3)70-60-52-44-22-18-14-10-4/h45-46,53-54,61-64H,7-44,47-52,55-60H2,1-6H3. The van der Waals surface area contributed by atoms with Crippen LogP contribution in [-0.2, 0) is 33.2 Å². The molecule has 0 aromatic heterocycles. The van der Waals surface area contributed by atoms with Gasteiger partial charge >= 0.3 is 0 Å². The zero-order valence-corrected chi connectivity index (χ0v) is 48.8. The molecule has 0 heterocycles. The third-order valence-corrected chi connectivity index (χ3v) is 14.1. The summed E-state index contributed by atoms with van der Waals surface area (Å²) in [5.74, 6) is 0. The highest BCUT2D eigenvalue weighted by molar-refractivity contribution is 4.89. The van der Waals surface area contributed by atoms with Crippen LogP contribution in [0.25, 0.3) is 0 Å². The van der Waals surface area contributed by atoms with E-state index in [9.17, 15) is 0 Å². The Morgan fingerprint density at radius 2 is 0.493 bits per heavy atom. The maximum atomic E-state index is 6.25. The molecule has 0 aliphatic rings. The second-order valence-corrected chi connectivity index (χ2v) is 21.1. The summed E-state index contributed by atoms with van der Waals surface area (Å²) in [6.45, 7) is 12.5. The van der Waals surface area contributed by atoms with Gasteiger partial charge < -0.3 is 33.2 Å². The molecule has 2 atom stereocenters. The molecule has 0 rings (SSSR count). The SMILES string of the molecule is CCCCCCCCOC(CCCCCCCCCCCC=CC(OC)OC(C=CCCCCCCCCCCCC(OCCCCCCCC)OCCCCCCCC)OC)OCCCCCCCC. The molecule has 0 N–H and O–H groups in total. The second-order valence-electron chi connectivity index (χ2n) is 21.1. The smallest absolute Gasteiger partial charge is 0.179 e. The number of rotatable bonds is 62. The van der Waals surface area contributed by atoms with Gasteiger partial charge in [0.2, 0.25) is 0 Å². The minimum atomic E-state index is -0.397. The van der Waals surface area contributed by atoms with Crippen LogP contribution in [0.5, 0.6) is 0 Å². The van der Waals surface area contributed by atoms with Gasteiger partial charge in [-0.1, -0.05) is 258 Å². The number of hydrogen-bond acceptors (Lipinski definition) is 7. The highest BCUT2D eigenvalue weighted by atomic mass is 16.8. The maximum Gasteiger partial charge on any atom is 0.179 e. The summed E-state index contributed by atoms with van der Waals surface area (Å²) in [7, 11) is 3.41. The predicted octanol–water partition coefficient (Wildman–Crippen LogP) is 20.8. The Kier molecular flexibility index (Phi) is 61.0. The molecule has 0 saturated heterocycles. The van der Waals surface area contributed by atoms with Crippen molar-refractivity contribution in [2.45, 2.75) is 348 Å². The van der Waals surface area contributed by atoms with Crippen molar-refractivity contribution in [3.8, 4) is 0 Å². The van der Waals surface area contributed by atoms with Gasteiger partial charge in [0.05, 0.1) is 0 Å². The topological polar surface area (TPSA) is 64.6 Å². The molecule has 424 valence electrons. The van der Waals surface area contributed by atoms with Gasteiger partial charge in [-0.05, 0) is 89.2 Å². The van der Waals surface area contributed by atoms with Gasteiger partial charge in [0.15, 0.2) is 25.2 Å². The third-order valence-electron chi connectivity index (χ3n) is 14.1. The molecule has 0 bridgehead atoms. The highest BCUT2D eigenvalue weighted by Crippen LogP contribution is 2.18. The van der Waals surface area contributed by atoms with Crippen molar-refractivity contribution in [3.63, 3.8) is 0 Å². The van der Waals surface area contributed by atoms with Gasteiger partial charge in [-0.3, -0.25) is 0 Å². The fourth-order valence-electron chi connectivity index (χ4n) is 9.35. The molecule has 2 unspecified atom stereocenters. The van der Waals surface area contributed by atoms with Crippen molar-refractivity contribution in [2.75, 3.05) is 40.6 Å². The first kappa shape index (κ1) is 70.2. The van der Waals surface area contributed by atoms with Crippen LogP contribution >= 0.6 is 0 Å². The predicted molar refractivity (Wildman–Crippen MR) is 307 cm³/mol. The van der Waals surface area contributed by atoms with Gasteiger partial charge in [-0.25, -0.2) is 0 Å². The minimum Gasteiger partial charge on any atom is -0.353 e. The fraction of sp³-hybridized carbons (Fsp3) is 0.938. The third kappa shape index (κ3) is 55.3. The van der Waals surface area contributed by atoms with E-state index in [1.165, 1.54) is 270 Å². The van der Waals surface area contributed by atoms with E-state index in [0.717, 1.165) is 52.1 Å². The monoisotopic (exact) mass is 1010 g/mol. The Morgan fingerprint density at radius 1 is 0.268 bits per heavy atom. The Morgan fingerprint density at radius 3 is 0.746 bits per heavy atom. The summed E-state index contributed by atoms with van der Waals surface area (Å²) in [6.07, 6.45) is 66.6. The Balaban J connectivity index is 4.04. The van der Waals surface area contributed by atoms with Crippen molar-refractivity contribution >= 4 is 0 Å². The Labute approximate surface area is 444 Å². The molecule has 7 heteroatoms. The quantitative estimate of drug-likeness (QED) is 0.0342. The van der Waals surface area contributed by atoms with Crippen LogP contribution in [0.2, 0.25) is 0 Å². The van der Waals surface area contributed by atoms with Crippen LogP contribution in [0.1, 0.15) is 323 Å². The number of methoxy groups -OCH3 is 2. The summed E-state index contributed by atoms with van der Waals surface area (Å²) in [5.41, 5.74) is 0. The van der Waals surface area contributed by atoms with E-state index < -0.39 is 12.6 Å². The lowest BCUT2D eigenvalue weighted by molar-refractivity contribution is -0.188. The molecule has 0 saturated carbocycles. The van der Waals surface area contributed by atoms with Crippen LogP contribution in [0.3, 0.4) is 0 Å². The maximum absolute atomic E-state index is 6.25. The van der Waals surface area contributed by atoms with Crippen molar-refractivity contribution in [2.24, 2.45) is 0 Å². The zero-order valence-electron chi connectivity index (χ0n) is 48.8. The number of allylic oxidation sites excluding steroid dienone is 2. The van der Waals surface area contributed by atoms with Crippen LogP contribution in [-0.4, -0.2) is 65.8 Å². The molecule has 71 heavy (non-hydrogen) atoms. The van der Waals surface area contributed by atoms with Gasteiger partial charge in [-0.15, -0.1) is 0 Å². The lowest BCUT2D eigenvalue weighted by Crippen LogP contribution is -2.22. The molecule has 0 fully saturated rings.